The molecule has 0 heterocycles. The summed E-state index contributed by atoms with van der Waals surface area (Å²) < 4.78 is 0. The Labute approximate surface area is 78.7 Å². The number of nitrogens with zero attached hydrogens (tertiary/aromatic N) is 1. The van der Waals surface area contributed by atoms with Gasteiger partial charge in [0.15, 0.2) is 0 Å². The molecule has 0 aromatic carbocycles. The molecule has 2 aliphatic carbocycles. The van der Waals surface area contributed by atoms with E-state index in [4.69, 9.17) is 5.11 Å². The highest BCUT2D eigenvalue weighted by Gasteiger charge is 2.36. The predicted molar refractivity (Wildman–Crippen MR) is 49.5 cm³/mol. The average Bonchev–Trinajstić information content (AvgIpc) is 2.85. The van der Waals surface area contributed by atoms with Crippen molar-refractivity contribution >= 4 is 5.78 Å². The summed E-state index contributed by atoms with van der Waals surface area (Å²) in [7, 11) is 0. The van der Waals surface area contributed by atoms with E-state index in [0.717, 1.165) is 25.8 Å². The largest absolute Gasteiger partial charge is 0.395 e. The molecule has 74 valence electrons. The normalized spacial score (nSPS) is 28.8. The second-order valence-corrected chi connectivity index (χ2v) is 4.13. The van der Waals surface area contributed by atoms with Gasteiger partial charge < -0.3 is 5.11 Å². The van der Waals surface area contributed by atoms with E-state index in [1.54, 1.807) is 0 Å². The van der Waals surface area contributed by atoms with Crippen molar-refractivity contribution in [1.82, 2.24) is 4.90 Å². The van der Waals surface area contributed by atoms with Crippen LogP contribution in [0.4, 0.5) is 0 Å². The number of aliphatic hydroxyl groups is 1. The first-order valence-corrected chi connectivity index (χ1v) is 5.19. The van der Waals surface area contributed by atoms with Gasteiger partial charge in [0.2, 0.25) is 0 Å². The van der Waals surface area contributed by atoms with Gasteiger partial charge in [0.05, 0.1) is 6.61 Å². The first-order valence-electron chi connectivity index (χ1n) is 5.19. The summed E-state index contributed by atoms with van der Waals surface area (Å²) in [6.45, 7) is 0.976. The zero-order chi connectivity index (χ0) is 9.26. The van der Waals surface area contributed by atoms with Crippen LogP contribution in [0.15, 0.2) is 0 Å². The standard InChI is InChI=1S/C10H17NO2/c12-6-5-11(8-1-2-8)9-3-4-10(13)7-9/h8-9,12H,1-7H2. The Morgan fingerprint density at radius 3 is 2.54 bits per heavy atom. The summed E-state index contributed by atoms with van der Waals surface area (Å²) in [5.41, 5.74) is 0. The molecule has 0 bridgehead atoms. The first-order chi connectivity index (χ1) is 6.31. The van der Waals surface area contributed by atoms with E-state index in [1.807, 2.05) is 0 Å². The number of Topliss-reactive ketones (excluding diaryl/α,β-unsaturated/α-hetero) is 1. The average molecular weight is 183 g/mol. The number of hydrogen-bond donors (Lipinski definition) is 1. The van der Waals surface area contributed by atoms with E-state index in [9.17, 15) is 4.79 Å². The molecule has 3 heteroatoms. The monoisotopic (exact) mass is 183 g/mol. The Morgan fingerprint density at radius 2 is 2.08 bits per heavy atom. The maximum Gasteiger partial charge on any atom is 0.134 e. The van der Waals surface area contributed by atoms with Crippen LogP contribution in [0.25, 0.3) is 0 Å². The Balaban J connectivity index is 1.90. The van der Waals surface area contributed by atoms with Crippen LogP contribution in [0, 0.1) is 0 Å². The summed E-state index contributed by atoms with van der Waals surface area (Å²) in [5, 5.41) is 8.91. The molecule has 3 nitrogen and oxygen atoms in total. The van der Waals surface area contributed by atoms with E-state index in [-0.39, 0.29) is 6.61 Å². The smallest absolute Gasteiger partial charge is 0.134 e. The zero-order valence-electron chi connectivity index (χ0n) is 7.91. The summed E-state index contributed by atoms with van der Waals surface area (Å²) >= 11 is 0. The fourth-order valence-corrected chi connectivity index (χ4v) is 2.26. The lowest BCUT2D eigenvalue weighted by Crippen LogP contribution is -2.37. The van der Waals surface area contributed by atoms with E-state index in [1.165, 1.54) is 12.8 Å². The van der Waals surface area contributed by atoms with Gasteiger partial charge in [-0.15, -0.1) is 0 Å². The van der Waals surface area contributed by atoms with Crippen molar-refractivity contribution in [2.75, 3.05) is 13.2 Å². The highest BCUT2D eigenvalue weighted by atomic mass is 16.3. The molecule has 2 fully saturated rings. The molecule has 0 amide bonds. The van der Waals surface area contributed by atoms with Crippen molar-refractivity contribution in [3.8, 4) is 0 Å². The summed E-state index contributed by atoms with van der Waals surface area (Å²) in [6.07, 6.45) is 4.99. The molecule has 2 aliphatic rings. The Hall–Kier alpha value is -0.410. The Kier molecular flexibility index (Phi) is 2.65. The first kappa shape index (κ1) is 9.16. The third-order valence-electron chi connectivity index (χ3n) is 3.06. The molecular formula is C10H17NO2. The second kappa shape index (κ2) is 3.76. The van der Waals surface area contributed by atoms with Gasteiger partial charge in [-0.3, -0.25) is 9.69 Å². The van der Waals surface area contributed by atoms with Crippen LogP contribution in [0.1, 0.15) is 32.1 Å². The molecule has 0 spiro atoms. The number of ketones is 1. The van der Waals surface area contributed by atoms with Crippen molar-refractivity contribution in [2.45, 2.75) is 44.2 Å². The molecule has 0 radical (unpaired) electrons. The summed E-state index contributed by atoms with van der Waals surface area (Å²) in [4.78, 5) is 13.5. The van der Waals surface area contributed by atoms with Gasteiger partial charge in [-0.25, -0.2) is 0 Å². The molecule has 1 N–H and O–H groups in total. The molecule has 0 aromatic rings. The van der Waals surface area contributed by atoms with Crippen molar-refractivity contribution < 1.29 is 9.90 Å². The highest BCUT2D eigenvalue weighted by molar-refractivity contribution is 5.81. The Bertz CT molecular complexity index is 201. The maximum absolute atomic E-state index is 11.1. The molecule has 1 unspecified atom stereocenters. The molecule has 1 atom stereocenters. The minimum Gasteiger partial charge on any atom is -0.395 e. The molecular weight excluding hydrogens is 166 g/mol. The minimum absolute atomic E-state index is 0.223. The van der Waals surface area contributed by atoms with Gasteiger partial charge in [-0.2, -0.15) is 0 Å². The third-order valence-corrected chi connectivity index (χ3v) is 3.06. The van der Waals surface area contributed by atoms with Gasteiger partial charge in [-0.05, 0) is 19.3 Å². The SMILES string of the molecule is O=C1CCC(N(CCO)C2CC2)C1. The van der Waals surface area contributed by atoms with Gasteiger partial charge in [0, 0.05) is 31.5 Å². The molecule has 0 aromatic heterocycles. The number of rotatable bonds is 4. The van der Waals surface area contributed by atoms with E-state index in [2.05, 4.69) is 4.90 Å². The number of hydrogen-bond acceptors (Lipinski definition) is 3. The fourth-order valence-electron chi connectivity index (χ4n) is 2.26. The van der Waals surface area contributed by atoms with Gasteiger partial charge in [0.25, 0.3) is 0 Å². The van der Waals surface area contributed by atoms with Crippen LogP contribution in [0.5, 0.6) is 0 Å². The maximum atomic E-state index is 11.1. The fraction of sp³-hybridized carbons (Fsp3) is 0.900. The van der Waals surface area contributed by atoms with E-state index >= 15 is 0 Å². The lowest BCUT2D eigenvalue weighted by atomic mass is 10.2. The number of carbonyl (C=O) groups excluding carboxylic acids is 1. The van der Waals surface area contributed by atoms with Crippen LogP contribution < -0.4 is 0 Å². The number of carbonyl (C=O) groups is 1. The number of aliphatic hydroxyl groups excluding tert-OH is 1. The minimum atomic E-state index is 0.223. The van der Waals surface area contributed by atoms with Crippen molar-refractivity contribution in [3.63, 3.8) is 0 Å². The molecule has 2 rings (SSSR count). The Morgan fingerprint density at radius 1 is 1.31 bits per heavy atom. The third kappa shape index (κ3) is 2.09. The molecule has 13 heavy (non-hydrogen) atoms. The van der Waals surface area contributed by atoms with Gasteiger partial charge in [0.1, 0.15) is 5.78 Å². The van der Waals surface area contributed by atoms with Crippen LogP contribution in [-0.4, -0.2) is 41.0 Å². The van der Waals surface area contributed by atoms with Gasteiger partial charge in [-0.1, -0.05) is 0 Å². The van der Waals surface area contributed by atoms with Crippen LogP contribution in [0.2, 0.25) is 0 Å². The lowest BCUT2D eigenvalue weighted by molar-refractivity contribution is -0.117. The zero-order valence-corrected chi connectivity index (χ0v) is 7.91. The van der Waals surface area contributed by atoms with Crippen molar-refractivity contribution in [1.29, 1.82) is 0 Å². The second-order valence-electron chi connectivity index (χ2n) is 4.13. The van der Waals surface area contributed by atoms with Crippen LogP contribution in [0.3, 0.4) is 0 Å². The van der Waals surface area contributed by atoms with Crippen molar-refractivity contribution in [3.05, 3.63) is 0 Å². The summed E-state index contributed by atoms with van der Waals surface area (Å²) in [5.74, 6) is 0.397. The van der Waals surface area contributed by atoms with E-state index < -0.39 is 0 Å². The van der Waals surface area contributed by atoms with Crippen LogP contribution >= 0.6 is 0 Å². The molecule has 0 aliphatic heterocycles. The molecule has 2 saturated carbocycles. The quantitative estimate of drug-likeness (QED) is 0.692. The van der Waals surface area contributed by atoms with Crippen LogP contribution in [-0.2, 0) is 4.79 Å². The van der Waals surface area contributed by atoms with E-state index in [0.29, 0.717) is 17.9 Å². The topological polar surface area (TPSA) is 40.5 Å². The van der Waals surface area contributed by atoms with Crippen molar-refractivity contribution in [2.24, 2.45) is 0 Å². The highest BCUT2D eigenvalue weighted by Crippen LogP contribution is 2.32. The lowest BCUT2D eigenvalue weighted by Gasteiger charge is -2.27. The summed E-state index contributed by atoms with van der Waals surface area (Å²) in [6, 6.07) is 1.11. The molecule has 0 saturated heterocycles. The predicted octanol–water partition coefficient (Wildman–Crippen LogP) is 0.565. The van der Waals surface area contributed by atoms with Gasteiger partial charge >= 0.3 is 0 Å².